The van der Waals surface area contributed by atoms with Crippen LogP contribution in [0.5, 0.6) is 0 Å². The van der Waals surface area contributed by atoms with E-state index >= 15 is 0 Å². The van der Waals surface area contributed by atoms with Gasteiger partial charge in [0, 0.05) is 0 Å². The molecule has 12 atom stereocenters. The van der Waals surface area contributed by atoms with Crippen LogP contribution in [0.15, 0.2) is 10.2 Å². The summed E-state index contributed by atoms with van der Waals surface area (Å²) in [5, 5.41) is 9.80. The maximum Gasteiger partial charge on any atom is 0.0777 e. The molecule has 0 spiro atoms. The minimum Gasteiger partial charge on any atom is -0.190 e. The first kappa shape index (κ1) is 9.52. The van der Waals surface area contributed by atoms with E-state index in [1.807, 2.05) is 0 Å². The van der Waals surface area contributed by atoms with Crippen molar-refractivity contribution in [1.29, 1.82) is 0 Å². The van der Waals surface area contributed by atoms with Gasteiger partial charge >= 0.3 is 0 Å². The maximum atomic E-state index is 4.90. The summed E-state index contributed by atoms with van der Waals surface area (Å²) < 4.78 is 0. The number of rotatable bonds is 0. The van der Waals surface area contributed by atoms with Gasteiger partial charge in [-0.1, -0.05) is 0 Å². The zero-order valence-corrected chi connectivity index (χ0v) is 11.4. The Bertz CT molecular complexity index is 471. The van der Waals surface area contributed by atoms with E-state index in [0.29, 0.717) is 12.1 Å². The fourth-order valence-corrected chi connectivity index (χ4v) is 8.67. The number of nitrogens with zero attached hydrogens (tertiary/aromatic N) is 2. The van der Waals surface area contributed by atoms with Crippen molar-refractivity contribution in [3.63, 3.8) is 0 Å². The van der Waals surface area contributed by atoms with Crippen molar-refractivity contribution < 1.29 is 0 Å². The third kappa shape index (κ3) is 0.835. The van der Waals surface area contributed by atoms with Gasteiger partial charge in [-0.25, -0.2) is 0 Å². The van der Waals surface area contributed by atoms with Crippen molar-refractivity contribution in [3.8, 4) is 0 Å². The molecule has 2 nitrogen and oxygen atoms in total. The first-order chi connectivity index (χ1) is 9.42. The predicted octanol–water partition coefficient (Wildman–Crippen LogP) is 3.38. The molecule has 2 heteroatoms. The van der Waals surface area contributed by atoms with Crippen LogP contribution < -0.4 is 0 Å². The molecule has 0 aromatic rings. The molecule has 0 unspecified atom stereocenters. The Balaban J connectivity index is 1.41. The summed E-state index contributed by atoms with van der Waals surface area (Å²) in [5.41, 5.74) is 0. The van der Waals surface area contributed by atoms with E-state index in [1.54, 1.807) is 19.3 Å². The molecule has 0 aromatic heterocycles. The molecule has 8 rings (SSSR count). The van der Waals surface area contributed by atoms with E-state index in [4.69, 9.17) is 10.2 Å². The van der Waals surface area contributed by atoms with Gasteiger partial charge in [-0.05, 0) is 91.3 Å². The van der Waals surface area contributed by atoms with E-state index in [-0.39, 0.29) is 0 Å². The Labute approximate surface area is 114 Å². The first-order valence-corrected chi connectivity index (χ1v) is 8.82. The lowest BCUT2D eigenvalue weighted by molar-refractivity contribution is -0.0322. The van der Waals surface area contributed by atoms with Crippen LogP contribution in [0.4, 0.5) is 0 Å². The Kier molecular flexibility index (Phi) is 1.34. The van der Waals surface area contributed by atoms with Crippen LogP contribution in [0.3, 0.4) is 0 Å². The van der Waals surface area contributed by atoms with E-state index in [1.165, 1.54) is 12.8 Å². The summed E-state index contributed by atoms with van der Waals surface area (Å²) in [6.45, 7) is 0. The number of hydrogen-bond donors (Lipinski definition) is 0. The highest BCUT2D eigenvalue weighted by Crippen LogP contribution is 2.76. The molecule has 0 saturated heterocycles. The first-order valence-electron chi connectivity index (χ1n) is 8.82. The zero-order chi connectivity index (χ0) is 11.9. The molecule has 6 fully saturated rings. The molecular weight excluding hydrogens is 232 g/mol. The highest BCUT2D eigenvalue weighted by atomic mass is 15.2. The fourth-order valence-electron chi connectivity index (χ4n) is 8.67. The molecule has 0 radical (unpaired) electrons. The van der Waals surface area contributed by atoms with E-state index in [9.17, 15) is 0 Å². The van der Waals surface area contributed by atoms with E-state index in [0.717, 1.165) is 59.2 Å². The summed E-state index contributed by atoms with van der Waals surface area (Å²) in [7, 11) is 0. The molecule has 19 heavy (non-hydrogen) atoms. The van der Waals surface area contributed by atoms with Gasteiger partial charge in [0.15, 0.2) is 0 Å². The van der Waals surface area contributed by atoms with E-state index < -0.39 is 0 Å². The monoisotopic (exact) mass is 254 g/mol. The molecule has 100 valence electrons. The van der Waals surface area contributed by atoms with Crippen LogP contribution in [0.2, 0.25) is 0 Å². The summed E-state index contributed by atoms with van der Waals surface area (Å²) in [6, 6.07) is 1.37. The zero-order valence-electron chi connectivity index (χ0n) is 11.4. The van der Waals surface area contributed by atoms with Gasteiger partial charge in [-0.3, -0.25) is 0 Å². The molecule has 0 N–H and O–H groups in total. The smallest absolute Gasteiger partial charge is 0.0777 e. The summed E-state index contributed by atoms with van der Waals surface area (Å²) in [6.07, 6.45) is 7.78. The summed E-state index contributed by atoms with van der Waals surface area (Å²) in [4.78, 5) is 0. The van der Waals surface area contributed by atoms with Crippen LogP contribution >= 0.6 is 0 Å². The van der Waals surface area contributed by atoms with Crippen molar-refractivity contribution in [1.82, 2.24) is 0 Å². The van der Waals surface area contributed by atoms with Crippen LogP contribution in [-0.2, 0) is 0 Å². The number of fused-ring (bicyclic) bond motifs is 7. The molecule has 0 aromatic carbocycles. The molecule has 6 saturated carbocycles. The molecule has 2 heterocycles. The van der Waals surface area contributed by atoms with Crippen LogP contribution in [0, 0.1) is 59.2 Å². The number of hydrogen-bond acceptors (Lipinski definition) is 2. The Morgan fingerprint density at radius 2 is 1.05 bits per heavy atom. The maximum absolute atomic E-state index is 4.90. The minimum absolute atomic E-state index is 0.687. The molecule has 8 aliphatic rings. The Morgan fingerprint density at radius 3 is 1.63 bits per heavy atom. The van der Waals surface area contributed by atoms with Crippen molar-refractivity contribution in [2.75, 3.05) is 0 Å². The number of azo groups is 1. The highest BCUT2D eigenvalue weighted by molar-refractivity contribution is 5.24. The van der Waals surface area contributed by atoms with Gasteiger partial charge in [0.2, 0.25) is 0 Å². The van der Waals surface area contributed by atoms with Crippen molar-refractivity contribution in [3.05, 3.63) is 0 Å². The van der Waals surface area contributed by atoms with Gasteiger partial charge in [0.1, 0.15) is 0 Å². The van der Waals surface area contributed by atoms with Crippen LogP contribution in [0.25, 0.3) is 0 Å². The molecular formula is C17H22N2. The van der Waals surface area contributed by atoms with Crippen molar-refractivity contribution >= 4 is 0 Å². The Morgan fingerprint density at radius 1 is 0.526 bits per heavy atom. The lowest BCUT2D eigenvalue weighted by Crippen LogP contribution is -2.57. The van der Waals surface area contributed by atoms with Crippen molar-refractivity contribution in [2.45, 2.75) is 44.2 Å². The normalized spacial score (nSPS) is 76.2. The quantitative estimate of drug-likeness (QED) is 0.633. The predicted molar refractivity (Wildman–Crippen MR) is 70.4 cm³/mol. The lowest BCUT2D eigenvalue weighted by Gasteiger charge is -2.54. The van der Waals surface area contributed by atoms with Crippen molar-refractivity contribution in [2.24, 2.45) is 69.4 Å². The molecule has 2 aliphatic heterocycles. The third-order valence-electron chi connectivity index (χ3n) is 8.93. The second-order valence-electron chi connectivity index (χ2n) is 8.98. The summed E-state index contributed by atoms with van der Waals surface area (Å²) in [5.74, 6) is 10.6. The largest absolute Gasteiger partial charge is 0.190 e. The van der Waals surface area contributed by atoms with Gasteiger partial charge < -0.3 is 0 Å². The highest BCUT2D eigenvalue weighted by Gasteiger charge is 2.74. The SMILES string of the molecule is C1C[C@H]2C[C@@H]1[C@@H]1[C@@H]3N=N[C@@H]([C@H]4[C@@H]5C[C@@H]([C@H]6C[C@H]65)[C@@H]34)[C@H]21. The van der Waals surface area contributed by atoms with Gasteiger partial charge in [0.25, 0.3) is 0 Å². The summed E-state index contributed by atoms with van der Waals surface area (Å²) >= 11 is 0. The lowest BCUT2D eigenvalue weighted by atomic mass is 9.54. The van der Waals surface area contributed by atoms with Crippen LogP contribution in [0.1, 0.15) is 32.1 Å². The molecule has 0 amide bonds. The topological polar surface area (TPSA) is 24.7 Å². The average molecular weight is 254 g/mol. The van der Waals surface area contributed by atoms with Gasteiger partial charge in [0.05, 0.1) is 12.1 Å². The van der Waals surface area contributed by atoms with Crippen LogP contribution in [-0.4, -0.2) is 12.1 Å². The second kappa shape index (κ2) is 2.67. The third-order valence-corrected chi connectivity index (χ3v) is 8.93. The fraction of sp³-hybridized carbons (Fsp3) is 1.00. The average Bonchev–Trinajstić information content (AvgIpc) is 2.89. The standard InChI is InChI=1S/C17H22N2/c1-2-7-3-6(1)12-13(7)17-15-11-5-10(8-4-9(8)11)14(15)16(12)18-19-17/h6-17H,1-5H2/t6-,7+,8+,9-,10+,11-,12+,13-,14-,15+,16+,17-. The van der Waals surface area contributed by atoms with Gasteiger partial charge in [-0.15, -0.1) is 0 Å². The second-order valence-corrected chi connectivity index (χ2v) is 8.98. The molecule has 6 aliphatic carbocycles. The van der Waals surface area contributed by atoms with E-state index in [2.05, 4.69) is 0 Å². The minimum atomic E-state index is 0.687. The Hall–Kier alpha value is -0.400. The molecule has 6 bridgehead atoms. The van der Waals surface area contributed by atoms with Gasteiger partial charge in [-0.2, -0.15) is 10.2 Å².